The topological polar surface area (TPSA) is 15.3 Å². The second-order valence-electron chi connectivity index (χ2n) is 5.55. The fourth-order valence-electron chi connectivity index (χ4n) is 3.29. The summed E-state index contributed by atoms with van der Waals surface area (Å²) >= 11 is 0. The predicted molar refractivity (Wildman–Crippen MR) is 65.1 cm³/mol. The molecule has 2 saturated heterocycles. The molecule has 0 aromatic heterocycles. The van der Waals surface area contributed by atoms with Crippen molar-refractivity contribution in [1.29, 1.82) is 0 Å². The van der Waals surface area contributed by atoms with Crippen LogP contribution in [0.5, 0.6) is 0 Å². The van der Waals surface area contributed by atoms with E-state index in [1.54, 1.807) is 0 Å². The Balaban J connectivity index is 1.77. The summed E-state index contributed by atoms with van der Waals surface area (Å²) in [7, 11) is 0. The zero-order chi connectivity index (χ0) is 10.7. The van der Waals surface area contributed by atoms with Gasteiger partial charge in [0.2, 0.25) is 0 Å². The van der Waals surface area contributed by atoms with E-state index >= 15 is 0 Å². The van der Waals surface area contributed by atoms with E-state index in [2.05, 4.69) is 24.1 Å². The molecule has 88 valence electrons. The van der Waals surface area contributed by atoms with Crippen molar-refractivity contribution in [2.75, 3.05) is 19.6 Å². The summed E-state index contributed by atoms with van der Waals surface area (Å²) in [5.74, 6) is 0. The molecule has 2 atom stereocenters. The molecule has 2 nitrogen and oxygen atoms in total. The number of nitrogens with one attached hydrogen (secondary N) is 1. The maximum atomic E-state index is 3.67. The molecule has 2 rings (SSSR count). The van der Waals surface area contributed by atoms with Crippen LogP contribution in [0.4, 0.5) is 0 Å². The Morgan fingerprint density at radius 3 is 2.93 bits per heavy atom. The van der Waals surface area contributed by atoms with Gasteiger partial charge in [-0.05, 0) is 65.1 Å². The highest BCUT2D eigenvalue weighted by Crippen LogP contribution is 2.28. The van der Waals surface area contributed by atoms with Crippen LogP contribution in [0.25, 0.3) is 0 Å². The molecule has 2 heteroatoms. The highest BCUT2D eigenvalue weighted by atomic mass is 15.2. The Morgan fingerprint density at radius 1 is 1.40 bits per heavy atom. The number of hydrogen-bond donors (Lipinski definition) is 1. The van der Waals surface area contributed by atoms with Crippen LogP contribution in [0.3, 0.4) is 0 Å². The van der Waals surface area contributed by atoms with Gasteiger partial charge < -0.3 is 10.2 Å². The number of nitrogens with zero attached hydrogens (tertiary/aromatic N) is 1. The lowest BCUT2D eigenvalue weighted by Gasteiger charge is -2.29. The molecule has 0 bridgehead atoms. The highest BCUT2D eigenvalue weighted by molar-refractivity contribution is 4.90. The maximum absolute atomic E-state index is 3.67. The quantitative estimate of drug-likeness (QED) is 0.766. The molecule has 0 aromatic carbocycles. The zero-order valence-electron chi connectivity index (χ0n) is 10.4. The van der Waals surface area contributed by atoms with E-state index in [1.807, 2.05) is 0 Å². The summed E-state index contributed by atoms with van der Waals surface area (Å²) < 4.78 is 0. The van der Waals surface area contributed by atoms with E-state index in [0.29, 0.717) is 5.54 Å². The molecule has 1 N–H and O–H groups in total. The predicted octanol–water partition coefficient (Wildman–Crippen LogP) is 2.39. The molecule has 0 aliphatic carbocycles. The van der Waals surface area contributed by atoms with Gasteiger partial charge in [-0.2, -0.15) is 0 Å². The average molecular weight is 210 g/mol. The van der Waals surface area contributed by atoms with Crippen molar-refractivity contribution in [3.8, 4) is 0 Å². The normalized spacial score (nSPS) is 37.6. The lowest BCUT2D eigenvalue weighted by atomic mass is 9.91. The first-order valence-corrected chi connectivity index (χ1v) is 6.72. The number of hydrogen-bond acceptors (Lipinski definition) is 2. The fourth-order valence-corrected chi connectivity index (χ4v) is 3.29. The minimum atomic E-state index is 0.460. The van der Waals surface area contributed by atoms with Crippen molar-refractivity contribution < 1.29 is 0 Å². The summed E-state index contributed by atoms with van der Waals surface area (Å²) in [6, 6.07) is 0.884. The maximum Gasteiger partial charge on any atom is 0.0154 e. The van der Waals surface area contributed by atoms with Crippen LogP contribution >= 0.6 is 0 Å². The minimum Gasteiger partial charge on any atom is -0.312 e. The second kappa shape index (κ2) is 4.84. The van der Waals surface area contributed by atoms with Crippen LogP contribution in [0.2, 0.25) is 0 Å². The molecular formula is C13H26N2. The molecule has 0 spiro atoms. The zero-order valence-corrected chi connectivity index (χ0v) is 10.4. The molecule has 2 aliphatic heterocycles. The summed E-state index contributed by atoms with van der Waals surface area (Å²) in [6.45, 7) is 8.53. The fraction of sp³-hybridized carbons (Fsp3) is 1.00. The van der Waals surface area contributed by atoms with Crippen molar-refractivity contribution in [2.45, 2.75) is 64.0 Å². The minimum absolute atomic E-state index is 0.460. The van der Waals surface area contributed by atoms with Crippen molar-refractivity contribution in [3.63, 3.8) is 0 Å². The largest absolute Gasteiger partial charge is 0.312 e. The first kappa shape index (κ1) is 11.4. The van der Waals surface area contributed by atoms with Crippen molar-refractivity contribution >= 4 is 0 Å². The van der Waals surface area contributed by atoms with Crippen LogP contribution in [0.1, 0.15) is 52.4 Å². The Morgan fingerprint density at radius 2 is 2.27 bits per heavy atom. The van der Waals surface area contributed by atoms with Gasteiger partial charge in [0, 0.05) is 11.6 Å². The Bertz CT molecular complexity index is 197. The standard InChI is InChI=1S/C13H26N2/c1-3-15-11-4-6-12(15)7-9-13(2)8-5-10-14-13/h12,14H,3-11H2,1-2H3. The van der Waals surface area contributed by atoms with Gasteiger partial charge >= 0.3 is 0 Å². The van der Waals surface area contributed by atoms with Crippen molar-refractivity contribution in [2.24, 2.45) is 0 Å². The van der Waals surface area contributed by atoms with Crippen LogP contribution < -0.4 is 5.32 Å². The lowest BCUT2D eigenvalue weighted by molar-refractivity contribution is 0.231. The molecule has 0 radical (unpaired) electrons. The molecular weight excluding hydrogens is 184 g/mol. The molecule has 0 aromatic rings. The van der Waals surface area contributed by atoms with Crippen LogP contribution in [0.15, 0.2) is 0 Å². The molecule has 2 fully saturated rings. The molecule has 0 amide bonds. The third-order valence-electron chi connectivity index (χ3n) is 4.39. The Labute approximate surface area is 94.4 Å². The van der Waals surface area contributed by atoms with Crippen LogP contribution in [-0.4, -0.2) is 36.1 Å². The molecule has 2 aliphatic rings. The average Bonchev–Trinajstić information content (AvgIpc) is 2.84. The molecule has 15 heavy (non-hydrogen) atoms. The van der Waals surface area contributed by atoms with E-state index in [4.69, 9.17) is 0 Å². The van der Waals surface area contributed by atoms with Gasteiger partial charge in [0.15, 0.2) is 0 Å². The van der Waals surface area contributed by atoms with Crippen LogP contribution in [0, 0.1) is 0 Å². The van der Waals surface area contributed by atoms with E-state index < -0.39 is 0 Å². The van der Waals surface area contributed by atoms with Gasteiger partial charge in [-0.15, -0.1) is 0 Å². The lowest BCUT2D eigenvalue weighted by Crippen LogP contribution is -2.38. The third kappa shape index (κ3) is 2.73. The first-order chi connectivity index (χ1) is 7.23. The summed E-state index contributed by atoms with van der Waals surface area (Å²) in [4.78, 5) is 2.66. The Kier molecular flexibility index (Phi) is 3.68. The second-order valence-corrected chi connectivity index (χ2v) is 5.55. The van der Waals surface area contributed by atoms with E-state index in [-0.39, 0.29) is 0 Å². The molecule has 2 unspecified atom stereocenters. The number of rotatable bonds is 4. The van der Waals surface area contributed by atoms with Gasteiger partial charge in [0.25, 0.3) is 0 Å². The molecule has 0 saturated carbocycles. The highest BCUT2D eigenvalue weighted by Gasteiger charge is 2.30. The van der Waals surface area contributed by atoms with Crippen LogP contribution in [-0.2, 0) is 0 Å². The third-order valence-corrected chi connectivity index (χ3v) is 4.39. The van der Waals surface area contributed by atoms with Crippen molar-refractivity contribution in [3.05, 3.63) is 0 Å². The van der Waals surface area contributed by atoms with Gasteiger partial charge in [0.05, 0.1) is 0 Å². The first-order valence-electron chi connectivity index (χ1n) is 6.72. The van der Waals surface area contributed by atoms with E-state index in [1.165, 1.54) is 58.2 Å². The summed E-state index contributed by atoms with van der Waals surface area (Å²) in [6.07, 6.45) is 8.38. The number of likely N-dealkylation sites (tertiary alicyclic amines) is 1. The monoisotopic (exact) mass is 210 g/mol. The van der Waals surface area contributed by atoms with Gasteiger partial charge in [0.1, 0.15) is 0 Å². The van der Waals surface area contributed by atoms with Gasteiger partial charge in [-0.1, -0.05) is 6.92 Å². The van der Waals surface area contributed by atoms with Gasteiger partial charge in [-0.3, -0.25) is 0 Å². The van der Waals surface area contributed by atoms with E-state index in [0.717, 1.165) is 6.04 Å². The SMILES string of the molecule is CCN1CCCC1CCC1(C)CCCN1. The van der Waals surface area contributed by atoms with E-state index in [9.17, 15) is 0 Å². The molecule has 2 heterocycles. The Hall–Kier alpha value is -0.0800. The van der Waals surface area contributed by atoms with Gasteiger partial charge in [-0.25, -0.2) is 0 Å². The smallest absolute Gasteiger partial charge is 0.0154 e. The van der Waals surface area contributed by atoms with Crippen molar-refractivity contribution in [1.82, 2.24) is 10.2 Å². The summed E-state index contributed by atoms with van der Waals surface area (Å²) in [5, 5.41) is 3.67. The summed E-state index contributed by atoms with van der Waals surface area (Å²) in [5.41, 5.74) is 0.460.